The summed E-state index contributed by atoms with van der Waals surface area (Å²) in [5.74, 6) is -0.130. The van der Waals surface area contributed by atoms with Crippen LogP contribution in [0.2, 0.25) is 5.02 Å². The normalized spacial score (nSPS) is 11.6. The van der Waals surface area contributed by atoms with E-state index < -0.39 is 17.1 Å². The smallest absolute Gasteiger partial charge is 0.332 e. The van der Waals surface area contributed by atoms with Gasteiger partial charge in [-0.2, -0.15) is 4.98 Å². The van der Waals surface area contributed by atoms with Crippen LogP contribution in [0, 0.1) is 5.82 Å². The van der Waals surface area contributed by atoms with Crippen LogP contribution in [0.5, 0.6) is 0 Å². The van der Waals surface area contributed by atoms with Gasteiger partial charge in [0.25, 0.3) is 5.56 Å². The highest BCUT2D eigenvalue weighted by Gasteiger charge is 2.21. The Bertz CT molecular complexity index is 1160. The number of aromatic nitrogens is 4. The maximum atomic E-state index is 14.4. The summed E-state index contributed by atoms with van der Waals surface area (Å²) in [6.07, 6.45) is 0.842. The molecule has 0 atom stereocenters. The number of nitrogens with one attached hydrogen (secondary N) is 1. The Morgan fingerprint density at radius 3 is 2.63 bits per heavy atom. The summed E-state index contributed by atoms with van der Waals surface area (Å²) in [5, 5.41) is 3.42. The molecule has 0 saturated heterocycles. The number of anilines is 1. The molecule has 0 bridgehead atoms. The van der Waals surface area contributed by atoms with Gasteiger partial charge in [-0.25, -0.2) is 9.18 Å². The highest BCUT2D eigenvalue weighted by molar-refractivity contribution is 6.31. The SMILES string of the molecule is CC(C)OCCCNc1nc2c(c(=O)n(C)c(=O)n2C)n1Cc1c(F)cccc1Cl. The van der Waals surface area contributed by atoms with Crippen molar-refractivity contribution in [2.24, 2.45) is 14.1 Å². The first kappa shape index (κ1) is 22.0. The van der Waals surface area contributed by atoms with Crippen molar-refractivity contribution in [3.05, 3.63) is 55.4 Å². The van der Waals surface area contributed by atoms with Crippen molar-refractivity contribution >= 4 is 28.7 Å². The minimum Gasteiger partial charge on any atom is -0.379 e. The molecule has 0 aliphatic carbocycles. The number of nitrogens with zero attached hydrogens (tertiary/aromatic N) is 4. The lowest BCUT2D eigenvalue weighted by Gasteiger charge is -2.13. The molecule has 0 spiro atoms. The second-order valence-corrected chi connectivity index (χ2v) is 7.71. The first-order valence-electron chi connectivity index (χ1n) is 9.67. The zero-order valence-corrected chi connectivity index (χ0v) is 18.2. The molecule has 1 N–H and O–H groups in total. The second kappa shape index (κ2) is 9.01. The topological polar surface area (TPSA) is 83.1 Å². The zero-order valence-electron chi connectivity index (χ0n) is 17.4. The Kier molecular flexibility index (Phi) is 6.62. The molecule has 3 rings (SSSR count). The summed E-state index contributed by atoms with van der Waals surface area (Å²) in [6.45, 7) is 4.99. The number of halogens is 2. The van der Waals surface area contributed by atoms with Crippen molar-refractivity contribution in [1.82, 2.24) is 18.7 Å². The van der Waals surface area contributed by atoms with E-state index in [0.29, 0.717) is 25.5 Å². The van der Waals surface area contributed by atoms with Crippen LogP contribution in [-0.4, -0.2) is 37.9 Å². The van der Waals surface area contributed by atoms with Crippen molar-refractivity contribution < 1.29 is 9.13 Å². The van der Waals surface area contributed by atoms with Gasteiger partial charge in [0, 0.05) is 37.8 Å². The number of rotatable bonds is 8. The molecule has 30 heavy (non-hydrogen) atoms. The zero-order chi connectivity index (χ0) is 22.0. The third kappa shape index (κ3) is 4.27. The lowest BCUT2D eigenvalue weighted by Crippen LogP contribution is -2.37. The number of benzene rings is 1. The molecule has 3 aromatic rings. The fourth-order valence-corrected chi connectivity index (χ4v) is 3.39. The summed E-state index contributed by atoms with van der Waals surface area (Å²) in [7, 11) is 2.94. The standard InChI is InChI=1S/C20H25ClFN5O3/c1-12(2)30-10-6-9-23-19-24-17-16(18(28)26(4)20(29)25(17)3)27(19)11-13-14(21)7-5-8-15(13)22/h5,7-8,12H,6,9-11H2,1-4H3,(H,23,24). The van der Waals surface area contributed by atoms with Gasteiger partial charge in [-0.1, -0.05) is 17.7 Å². The van der Waals surface area contributed by atoms with Gasteiger partial charge in [-0.3, -0.25) is 18.5 Å². The van der Waals surface area contributed by atoms with E-state index in [-0.39, 0.29) is 34.4 Å². The number of aryl methyl sites for hydroxylation is 1. The number of hydrogen-bond donors (Lipinski definition) is 1. The Hall–Kier alpha value is -2.65. The van der Waals surface area contributed by atoms with Gasteiger partial charge in [0.2, 0.25) is 5.95 Å². The first-order valence-corrected chi connectivity index (χ1v) is 10.0. The number of hydrogen-bond acceptors (Lipinski definition) is 5. The lowest BCUT2D eigenvalue weighted by atomic mass is 10.2. The van der Waals surface area contributed by atoms with Crippen molar-refractivity contribution in [3.63, 3.8) is 0 Å². The molecule has 0 radical (unpaired) electrons. The van der Waals surface area contributed by atoms with Crippen LogP contribution in [0.3, 0.4) is 0 Å². The van der Waals surface area contributed by atoms with Crippen LogP contribution < -0.4 is 16.6 Å². The summed E-state index contributed by atoms with van der Waals surface area (Å²) >= 11 is 6.20. The van der Waals surface area contributed by atoms with Gasteiger partial charge in [-0.15, -0.1) is 0 Å². The highest BCUT2D eigenvalue weighted by atomic mass is 35.5. The summed E-state index contributed by atoms with van der Waals surface area (Å²) in [4.78, 5) is 29.6. The third-order valence-electron chi connectivity index (χ3n) is 4.78. The van der Waals surface area contributed by atoms with Crippen molar-refractivity contribution in [2.45, 2.75) is 32.9 Å². The van der Waals surface area contributed by atoms with Crippen LogP contribution in [0.1, 0.15) is 25.8 Å². The molecule has 0 aliphatic heterocycles. The molecule has 8 nitrogen and oxygen atoms in total. The van der Waals surface area contributed by atoms with Crippen LogP contribution in [0.4, 0.5) is 10.3 Å². The van der Waals surface area contributed by atoms with E-state index in [1.54, 1.807) is 10.6 Å². The molecule has 0 amide bonds. The third-order valence-corrected chi connectivity index (χ3v) is 5.14. The Labute approximate surface area is 177 Å². The number of fused-ring (bicyclic) bond motifs is 1. The maximum Gasteiger partial charge on any atom is 0.332 e. The predicted molar refractivity (Wildman–Crippen MR) is 115 cm³/mol. The van der Waals surface area contributed by atoms with Gasteiger partial charge in [0.15, 0.2) is 11.2 Å². The maximum absolute atomic E-state index is 14.4. The van der Waals surface area contributed by atoms with Crippen molar-refractivity contribution in [3.8, 4) is 0 Å². The molecule has 0 fully saturated rings. The average Bonchev–Trinajstić information content (AvgIpc) is 3.05. The molecular formula is C20H25ClFN5O3. The van der Waals surface area contributed by atoms with Gasteiger partial charge < -0.3 is 10.1 Å². The molecule has 2 aromatic heterocycles. The van der Waals surface area contributed by atoms with E-state index in [2.05, 4.69) is 10.3 Å². The molecule has 10 heteroatoms. The predicted octanol–water partition coefficient (Wildman–Crippen LogP) is 2.50. The fourth-order valence-electron chi connectivity index (χ4n) is 3.17. The largest absolute Gasteiger partial charge is 0.379 e. The average molecular weight is 438 g/mol. The monoisotopic (exact) mass is 437 g/mol. The minimum atomic E-state index is -0.510. The quantitative estimate of drug-likeness (QED) is 0.547. The molecule has 1 aromatic carbocycles. The Balaban J connectivity index is 2.07. The van der Waals surface area contributed by atoms with Crippen LogP contribution in [-0.2, 0) is 25.4 Å². The molecule has 0 saturated carbocycles. The van der Waals surface area contributed by atoms with Crippen molar-refractivity contribution in [2.75, 3.05) is 18.5 Å². The molecule has 2 heterocycles. The van der Waals surface area contributed by atoms with E-state index in [4.69, 9.17) is 16.3 Å². The second-order valence-electron chi connectivity index (χ2n) is 7.30. The summed E-state index contributed by atoms with van der Waals surface area (Å²) in [5.41, 5.74) is -0.348. The highest BCUT2D eigenvalue weighted by Crippen LogP contribution is 2.24. The molecule has 0 aliphatic rings. The van der Waals surface area contributed by atoms with E-state index in [1.807, 2.05) is 13.8 Å². The van der Waals surface area contributed by atoms with E-state index in [0.717, 1.165) is 4.57 Å². The minimum absolute atomic E-state index is 0.0136. The fraction of sp³-hybridized carbons (Fsp3) is 0.450. The molecule has 162 valence electrons. The van der Waals surface area contributed by atoms with E-state index >= 15 is 0 Å². The van der Waals surface area contributed by atoms with Gasteiger partial charge in [-0.05, 0) is 32.4 Å². The van der Waals surface area contributed by atoms with Crippen LogP contribution in [0.15, 0.2) is 27.8 Å². The summed E-state index contributed by atoms with van der Waals surface area (Å²) in [6, 6.07) is 4.41. The van der Waals surface area contributed by atoms with Gasteiger partial charge >= 0.3 is 5.69 Å². The number of imidazole rings is 1. The van der Waals surface area contributed by atoms with E-state index in [9.17, 15) is 14.0 Å². The Morgan fingerprint density at radius 2 is 1.97 bits per heavy atom. The van der Waals surface area contributed by atoms with Gasteiger partial charge in [0.05, 0.1) is 12.6 Å². The Morgan fingerprint density at radius 1 is 1.23 bits per heavy atom. The molecule has 0 unspecified atom stereocenters. The van der Waals surface area contributed by atoms with Crippen LogP contribution >= 0.6 is 11.6 Å². The number of ether oxygens (including phenoxy) is 1. The first-order chi connectivity index (χ1) is 14.2. The molecular weight excluding hydrogens is 413 g/mol. The van der Waals surface area contributed by atoms with E-state index in [1.165, 1.54) is 30.8 Å². The van der Waals surface area contributed by atoms with Crippen molar-refractivity contribution in [1.29, 1.82) is 0 Å². The van der Waals surface area contributed by atoms with Gasteiger partial charge in [0.1, 0.15) is 5.82 Å². The van der Waals surface area contributed by atoms with Crippen LogP contribution in [0.25, 0.3) is 11.2 Å². The lowest BCUT2D eigenvalue weighted by molar-refractivity contribution is 0.0787. The summed E-state index contributed by atoms with van der Waals surface area (Å²) < 4.78 is 23.8.